The average molecular weight is 541 g/mol. The Morgan fingerprint density at radius 3 is 2.86 bits per heavy atom. The molecule has 2 N–H and O–H groups in total. The molecule has 2 aromatic carbocycles. The van der Waals surface area contributed by atoms with Crippen molar-refractivity contribution in [1.29, 1.82) is 0 Å². The molecule has 1 heterocycles. The normalized spacial score (nSPS) is 20.7. The third kappa shape index (κ3) is 6.67. The highest BCUT2D eigenvalue weighted by atomic mass is 35.5. The Kier molecular flexibility index (Phi) is 9.52. The van der Waals surface area contributed by atoms with Crippen LogP contribution in [0.15, 0.2) is 48.6 Å². The molecule has 4 rings (SSSR count). The predicted octanol–water partition coefficient (Wildman–Crippen LogP) is 7.23. The molecule has 1 aliphatic carbocycles. The molecule has 200 valence electrons. The number of hydrogen-bond donors (Lipinski definition) is 2. The fourth-order valence-corrected chi connectivity index (χ4v) is 6.20. The largest absolute Gasteiger partial charge is 0.490 e. The molecule has 6 heteroatoms. The van der Waals surface area contributed by atoms with E-state index in [2.05, 4.69) is 55.7 Å². The third-order valence-electron chi connectivity index (χ3n) is 8.14. The van der Waals surface area contributed by atoms with Crippen LogP contribution in [-0.2, 0) is 11.8 Å². The second-order valence-corrected chi connectivity index (χ2v) is 11.8. The summed E-state index contributed by atoms with van der Waals surface area (Å²) in [5.74, 6) is 2.48. The Morgan fingerprint density at radius 2 is 2.11 bits per heavy atom. The topological polar surface area (TPSA) is 55.6 Å². The average Bonchev–Trinajstić information content (AvgIpc) is 3.04. The van der Waals surface area contributed by atoms with Crippen LogP contribution in [0.1, 0.15) is 73.9 Å². The van der Waals surface area contributed by atoms with E-state index in [9.17, 15) is 4.79 Å². The number of amides is 1. The van der Waals surface area contributed by atoms with Crippen LogP contribution in [0.4, 0.5) is 5.69 Å². The van der Waals surface area contributed by atoms with E-state index in [1.165, 1.54) is 11.1 Å². The van der Waals surface area contributed by atoms with Crippen molar-refractivity contribution in [3.05, 3.63) is 70.3 Å². The smallest absolute Gasteiger partial charge is 0.248 e. The molecule has 0 radical (unpaired) electrons. The molecule has 1 aliphatic heterocycles. The number of carbonyl (C=O) groups is 1. The van der Waals surface area contributed by atoms with Gasteiger partial charge >= 0.3 is 0 Å². The number of ether oxygens (including phenoxy) is 1. The number of primary amides is 1. The third-order valence-corrected chi connectivity index (χ3v) is 8.99. The Bertz CT molecular complexity index is 1120. The van der Waals surface area contributed by atoms with E-state index < -0.39 is 5.91 Å². The van der Waals surface area contributed by atoms with Crippen LogP contribution < -0.4 is 15.4 Å². The van der Waals surface area contributed by atoms with Crippen molar-refractivity contribution in [2.75, 3.05) is 30.3 Å². The molecule has 4 nitrogen and oxygen atoms in total. The minimum Gasteiger partial charge on any atom is -0.490 e. The second kappa shape index (κ2) is 12.6. The van der Waals surface area contributed by atoms with Crippen LogP contribution in [0.5, 0.6) is 5.75 Å². The quantitative estimate of drug-likeness (QED) is 0.247. The molecule has 0 saturated heterocycles. The molecule has 2 aromatic rings. The minimum absolute atomic E-state index is 0.120. The van der Waals surface area contributed by atoms with Crippen LogP contribution >= 0.6 is 24.2 Å². The number of thiol groups is 1. The number of nitrogens with zero attached hydrogens (tertiary/aromatic N) is 1. The van der Waals surface area contributed by atoms with Crippen molar-refractivity contribution in [3.8, 4) is 5.75 Å². The first kappa shape index (κ1) is 27.9. The molecular formula is C31H41ClN2O2S. The van der Waals surface area contributed by atoms with Gasteiger partial charge in [0.25, 0.3) is 0 Å². The van der Waals surface area contributed by atoms with Crippen LogP contribution in [0.2, 0.25) is 5.02 Å². The van der Waals surface area contributed by atoms with Crippen LogP contribution in [0.3, 0.4) is 0 Å². The fraction of sp³-hybridized carbons (Fsp3) is 0.516. The first-order chi connectivity index (χ1) is 17.8. The molecule has 1 amide bonds. The fourth-order valence-electron chi connectivity index (χ4n) is 5.86. The lowest BCUT2D eigenvalue weighted by atomic mass is 9.70. The van der Waals surface area contributed by atoms with Crippen LogP contribution in [-0.4, -0.2) is 31.4 Å². The summed E-state index contributed by atoms with van der Waals surface area (Å²) in [6.07, 6.45) is 12.2. The van der Waals surface area contributed by atoms with E-state index in [0.29, 0.717) is 24.0 Å². The van der Waals surface area contributed by atoms with Crippen LogP contribution in [0.25, 0.3) is 0 Å². The first-order valence-electron chi connectivity index (χ1n) is 13.7. The van der Waals surface area contributed by atoms with E-state index in [-0.39, 0.29) is 5.41 Å². The van der Waals surface area contributed by atoms with Gasteiger partial charge in [-0.25, -0.2) is 0 Å². The number of benzene rings is 2. The molecule has 0 fully saturated rings. The van der Waals surface area contributed by atoms with E-state index >= 15 is 0 Å². The van der Waals surface area contributed by atoms with Gasteiger partial charge in [0.05, 0.1) is 12.3 Å². The van der Waals surface area contributed by atoms with Crippen LogP contribution in [0, 0.1) is 11.8 Å². The molecule has 2 aliphatic rings. The number of rotatable bonds is 10. The Balaban J connectivity index is 1.62. The Labute approximate surface area is 233 Å². The van der Waals surface area contributed by atoms with Gasteiger partial charge < -0.3 is 15.4 Å². The molecule has 0 saturated carbocycles. The SMILES string of the molecule is CCC(CC/C=C/CC(C)CS)CN1C[C@@]2(CCCc3cc(Cl)ccc32)COc2ccc(C(N)=O)cc21. The lowest BCUT2D eigenvalue weighted by Crippen LogP contribution is -2.46. The highest BCUT2D eigenvalue weighted by Crippen LogP contribution is 2.45. The standard InChI is InChI=1S/C31H41ClN2O2S/c1-3-23(9-6-4-5-8-22(2)19-37)18-34-20-31(15-7-10-24-16-26(32)12-13-27(24)31)21-36-29-14-11-25(30(33)35)17-28(29)34/h4-5,11-14,16-17,22-23,37H,3,6-10,15,18-21H2,1-2H3,(H2,33,35)/b5-4+/t22?,23?,31-/m0/s1. The zero-order valence-electron chi connectivity index (χ0n) is 22.2. The number of hydrogen-bond acceptors (Lipinski definition) is 4. The summed E-state index contributed by atoms with van der Waals surface area (Å²) in [4.78, 5) is 14.5. The minimum atomic E-state index is -0.410. The number of allylic oxidation sites excluding steroid dienone is 2. The van der Waals surface area contributed by atoms with Crippen molar-refractivity contribution >= 4 is 35.8 Å². The summed E-state index contributed by atoms with van der Waals surface area (Å²) >= 11 is 10.8. The summed E-state index contributed by atoms with van der Waals surface area (Å²) in [6.45, 7) is 6.89. The predicted molar refractivity (Wildman–Crippen MR) is 159 cm³/mol. The van der Waals surface area contributed by atoms with Gasteiger partial charge in [-0.1, -0.05) is 50.1 Å². The van der Waals surface area contributed by atoms with Gasteiger partial charge in [-0.2, -0.15) is 12.6 Å². The summed E-state index contributed by atoms with van der Waals surface area (Å²) in [5, 5.41) is 0.791. The van der Waals surface area contributed by atoms with E-state index in [1.54, 1.807) is 6.07 Å². The zero-order valence-corrected chi connectivity index (χ0v) is 23.9. The number of aryl methyl sites for hydroxylation is 1. The number of carbonyl (C=O) groups excluding carboxylic acids is 1. The van der Waals surface area contributed by atoms with Crippen molar-refractivity contribution < 1.29 is 9.53 Å². The zero-order chi connectivity index (χ0) is 26.4. The van der Waals surface area contributed by atoms with Gasteiger partial charge in [-0.3, -0.25) is 4.79 Å². The van der Waals surface area contributed by atoms with Crippen molar-refractivity contribution in [2.24, 2.45) is 17.6 Å². The van der Waals surface area contributed by atoms with Gasteiger partial charge in [0, 0.05) is 29.1 Å². The summed E-state index contributed by atoms with van der Waals surface area (Å²) in [6, 6.07) is 12.0. The number of anilines is 1. The van der Waals surface area contributed by atoms with E-state index in [1.807, 2.05) is 18.2 Å². The maximum Gasteiger partial charge on any atom is 0.248 e. The summed E-state index contributed by atoms with van der Waals surface area (Å²) in [5.41, 5.74) is 9.74. The van der Waals surface area contributed by atoms with E-state index in [4.69, 9.17) is 22.1 Å². The number of nitrogens with two attached hydrogens (primary N) is 1. The molecule has 1 spiro atoms. The van der Waals surface area contributed by atoms with Gasteiger partial charge in [0.2, 0.25) is 5.91 Å². The molecule has 0 bridgehead atoms. The van der Waals surface area contributed by atoms with Crippen molar-refractivity contribution in [2.45, 2.75) is 64.2 Å². The Hall–Kier alpha value is -2.11. The van der Waals surface area contributed by atoms with E-state index in [0.717, 1.165) is 80.2 Å². The molecule has 3 atom stereocenters. The van der Waals surface area contributed by atoms with Crippen molar-refractivity contribution in [3.63, 3.8) is 0 Å². The molecule has 2 unspecified atom stereocenters. The molecule has 0 aromatic heterocycles. The van der Waals surface area contributed by atoms with Gasteiger partial charge in [-0.05, 0) is 97.6 Å². The highest BCUT2D eigenvalue weighted by Gasteiger charge is 2.42. The summed E-state index contributed by atoms with van der Waals surface area (Å²) in [7, 11) is 0. The molecule has 37 heavy (non-hydrogen) atoms. The van der Waals surface area contributed by atoms with Crippen molar-refractivity contribution in [1.82, 2.24) is 0 Å². The second-order valence-electron chi connectivity index (χ2n) is 11.0. The first-order valence-corrected chi connectivity index (χ1v) is 14.7. The lowest BCUT2D eigenvalue weighted by molar-refractivity contribution is 0.100. The van der Waals surface area contributed by atoms with Gasteiger partial charge in [-0.15, -0.1) is 0 Å². The number of fused-ring (bicyclic) bond motifs is 3. The van der Waals surface area contributed by atoms with Gasteiger partial charge in [0.15, 0.2) is 0 Å². The summed E-state index contributed by atoms with van der Waals surface area (Å²) < 4.78 is 6.51. The van der Waals surface area contributed by atoms with Gasteiger partial charge in [0.1, 0.15) is 5.75 Å². The lowest BCUT2D eigenvalue weighted by Gasteiger charge is -2.41. The number of halogens is 1. The maximum absolute atomic E-state index is 12.1. The Morgan fingerprint density at radius 1 is 1.27 bits per heavy atom. The molecular weight excluding hydrogens is 500 g/mol. The highest BCUT2D eigenvalue weighted by molar-refractivity contribution is 7.80. The maximum atomic E-state index is 12.1. The monoisotopic (exact) mass is 540 g/mol.